The van der Waals surface area contributed by atoms with Crippen molar-refractivity contribution in [2.75, 3.05) is 7.11 Å². The van der Waals surface area contributed by atoms with Gasteiger partial charge in [0.1, 0.15) is 11.5 Å². The molecule has 26 heavy (non-hydrogen) atoms. The van der Waals surface area contributed by atoms with Gasteiger partial charge in [0.2, 0.25) is 0 Å². The Hall–Kier alpha value is -2.49. The highest BCUT2D eigenvalue weighted by molar-refractivity contribution is 5.81. The number of aryl methyl sites for hydroxylation is 2. The summed E-state index contributed by atoms with van der Waals surface area (Å²) in [7, 11) is 1.66. The monoisotopic (exact) mass is 355 g/mol. The maximum atomic E-state index is 12.6. The molecule has 0 bridgehead atoms. The van der Waals surface area contributed by atoms with Crippen LogP contribution >= 0.6 is 0 Å². The summed E-state index contributed by atoms with van der Waals surface area (Å²) in [5.74, 6) is 1.48. The van der Waals surface area contributed by atoms with E-state index in [4.69, 9.17) is 9.47 Å². The fourth-order valence-corrected chi connectivity index (χ4v) is 2.92. The van der Waals surface area contributed by atoms with Crippen molar-refractivity contribution in [3.05, 3.63) is 58.7 Å². The molecule has 1 amide bonds. The molecule has 0 fully saturated rings. The second-order valence-electron chi connectivity index (χ2n) is 6.66. The maximum absolute atomic E-state index is 12.6. The minimum Gasteiger partial charge on any atom is -0.496 e. The van der Waals surface area contributed by atoms with E-state index in [0.29, 0.717) is 0 Å². The van der Waals surface area contributed by atoms with Gasteiger partial charge in [0.15, 0.2) is 6.10 Å². The summed E-state index contributed by atoms with van der Waals surface area (Å²) in [6.45, 7) is 9.88. The van der Waals surface area contributed by atoms with E-state index >= 15 is 0 Å². The average Bonchev–Trinajstić information content (AvgIpc) is 2.63. The normalized spacial score (nSPS) is 13.0. The second-order valence-corrected chi connectivity index (χ2v) is 6.66. The van der Waals surface area contributed by atoms with Crippen LogP contribution in [0.2, 0.25) is 0 Å². The number of methoxy groups -OCH3 is 1. The highest BCUT2D eigenvalue weighted by Crippen LogP contribution is 2.25. The van der Waals surface area contributed by atoms with E-state index in [2.05, 4.69) is 18.3 Å². The van der Waals surface area contributed by atoms with Crippen molar-refractivity contribution >= 4 is 5.91 Å². The van der Waals surface area contributed by atoms with Gasteiger partial charge in [-0.15, -0.1) is 0 Å². The van der Waals surface area contributed by atoms with Crippen LogP contribution in [0.25, 0.3) is 0 Å². The summed E-state index contributed by atoms with van der Waals surface area (Å²) in [5, 5.41) is 3.10. The number of hydrogen-bond donors (Lipinski definition) is 1. The number of amides is 1. The topological polar surface area (TPSA) is 47.6 Å². The molecule has 0 aliphatic rings. The zero-order valence-corrected chi connectivity index (χ0v) is 16.6. The Labute approximate surface area is 156 Å². The van der Waals surface area contributed by atoms with Gasteiger partial charge in [-0.2, -0.15) is 0 Å². The molecular formula is C22H29NO3. The molecule has 4 nitrogen and oxygen atoms in total. The second kappa shape index (κ2) is 8.75. The molecule has 0 radical (unpaired) electrons. The first-order valence-electron chi connectivity index (χ1n) is 9.05. The number of benzene rings is 2. The maximum Gasteiger partial charge on any atom is 0.261 e. The predicted octanol–water partition coefficient (Wildman–Crippen LogP) is 4.66. The van der Waals surface area contributed by atoms with Crippen molar-refractivity contribution in [2.45, 2.75) is 53.2 Å². The first kappa shape index (κ1) is 19.8. The van der Waals surface area contributed by atoms with E-state index in [9.17, 15) is 4.79 Å². The highest BCUT2D eigenvalue weighted by atomic mass is 16.5. The molecule has 0 aliphatic heterocycles. The van der Waals surface area contributed by atoms with Crippen molar-refractivity contribution in [3.63, 3.8) is 0 Å². The van der Waals surface area contributed by atoms with Gasteiger partial charge in [-0.1, -0.05) is 31.2 Å². The van der Waals surface area contributed by atoms with E-state index in [-0.39, 0.29) is 11.9 Å². The molecule has 0 saturated carbocycles. The minimum atomic E-state index is -0.566. The number of hydrogen-bond acceptors (Lipinski definition) is 3. The van der Waals surface area contributed by atoms with Gasteiger partial charge in [0.05, 0.1) is 13.2 Å². The van der Waals surface area contributed by atoms with Gasteiger partial charge in [0.25, 0.3) is 5.91 Å². The fourth-order valence-electron chi connectivity index (χ4n) is 2.92. The van der Waals surface area contributed by atoms with E-state index in [1.54, 1.807) is 14.0 Å². The zero-order valence-electron chi connectivity index (χ0n) is 16.6. The van der Waals surface area contributed by atoms with Crippen LogP contribution in [0.1, 0.15) is 48.6 Å². The first-order chi connectivity index (χ1) is 12.4. The van der Waals surface area contributed by atoms with E-state index < -0.39 is 6.10 Å². The van der Waals surface area contributed by atoms with E-state index in [0.717, 1.165) is 40.2 Å². The molecule has 2 unspecified atom stereocenters. The lowest BCUT2D eigenvalue weighted by molar-refractivity contribution is -0.128. The van der Waals surface area contributed by atoms with Crippen molar-refractivity contribution in [2.24, 2.45) is 0 Å². The minimum absolute atomic E-state index is 0.0586. The first-order valence-corrected chi connectivity index (χ1v) is 9.05. The molecule has 2 aromatic carbocycles. The highest BCUT2D eigenvalue weighted by Gasteiger charge is 2.20. The Bertz CT molecular complexity index is 770. The Morgan fingerprint density at radius 3 is 2.42 bits per heavy atom. The van der Waals surface area contributed by atoms with Crippen LogP contribution in [0.4, 0.5) is 0 Å². The lowest BCUT2D eigenvalue weighted by Gasteiger charge is -2.22. The summed E-state index contributed by atoms with van der Waals surface area (Å²) in [5.41, 5.74) is 4.33. The third-order valence-electron chi connectivity index (χ3n) is 4.77. The molecule has 0 aromatic heterocycles. The Kier molecular flexibility index (Phi) is 6.67. The fraction of sp³-hybridized carbons (Fsp3) is 0.409. The molecule has 0 spiro atoms. The molecule has 0 saturated heterocycles. The number of nitrogens with one attached hydrogen (secondary N) is 1. The number of rotatable bonds is 7. The standard InChI is InChI=1S/C22H29NO3/c1-7-19(18-11-12-20(25-6)15(3)13-18)23-22(24)17(5)26-21-10-8-9-14(2)16(21)4/h8-13,17,19H,7H2,1-6H3,(H,23,24). The lowest BCUT2D eigenvalue weighted by Crippen LogP contribution is -2.38. The quantitative estimate of drug-likeness (QED) is 0.786. The van der Waals surface area contributed by atoms with Gasteiger partial charge in [-0.3, -0.25) is 4.79 Å². The summed E-state index contributed by atoms with van der Waals surface area (Å²) in [6, 6.07) is 11.8. The van der Waals surface area contributed by atoms with Crippen LogP contribution in [0.15, 0.2) is 36.4 Å². The predicted molar refractivity (Wildman–Crippen MR) is 105 cm³/mol. The summed E-state index contributed by atoms with van der Waals surface area (Å²) in [4.78, 5) is 12.6. The van der Waals surface area contributed by atoms with Crippen LogP contribution in [0.3, 0.4) is 0 Å². The number of carbonyl (C=O) groups is 1. The van der Waals surface area contributed by atoms with Crippen LogP contribution < -0.4 is 14.8 Å². The van der Waals surface area contributed by atoms with E-state index in [1.165, 1.54) is 0 Å². The van der Waals surface area contributed by atoms with Crippen LogP contribution in [0.5, 0.6) is 11.5 Å². The molecule has 2 aromatic rings. The molecule has 2 atom stereocenters. The van der Waals surface area contributed by atoms with Gasteiger partial charge in [-0.05, 0) is 68.5 Å². The van der Waals surface area contributed by atoms with Crippen molar-refractivity contribution in [1.82, 2.24) is 5.32 Å². The van der Waals surface area contributed by atoms with Crippen LogP contribution in [-0.4, -0.2) is 19.1 Å². The summed E-state index contributed by atoms with van der Waals surface area (Å²) < 4.78 is 11.2. The van der Waals surface area contributed by atoms with Gasteiger partial charge in [0, 0.05) is 0 Å². The van der Waals surface area contributed by atoms with Gasteiger partial charge in [-0.25, -0.2) is 0 Å². The third kappa shape index (κ3) is 4.57. The van der Waals surface area contributed by atoms with Crippen molar-refractivity contribution < 1.29 is 14.3 Å². The molecule has 2 rings (SSSR count). The number of carbonyl (C=O) groups excluding carboxylic acids is 1. The molecular weight excluding hydrogens is 326 g/mol. The van der Waals surface area contributed by atoms with Crippen LogP contribution in [0, 0.1) is 20.8 Å². The largest absolute Gasteiger partial charge is 0.496 e. The SMILES string of the molecule is CCC(NC(=O)C(C)Oc1cccc(C)c1C)c1ccc(OC)c(C)c1. The van der Waals surface area contributed by atoms with Gasteiger partial charge < -0.3 is 14.8 Å². The Morgan fingerprint density at radius 2 is 1.81 bits per heavy atom. The Balaban J connectivity index is 2.08. The van der Waals surface area contributed by atoms with Crippen molar-refractivity contribution in [3.8, 4) is 11.5 Å². The molecule has 0 heterocycles. The van der Waals surface area contributed by atoms with Crippen molar-refractivity contribution in [1.29, 1.82) is 0 Å². The summed E-state index contributed by atoms with van der Waals surface area (Å²) in [6.07, 6.45) is 0.233. The van der Waals surface area contributed by atoms with Gasteiger partial charge >= 0.3 is 0 Å². The summed E-state index contributed by atoms with van der Waals surface area (Å²) >= 11 is 0. The van der Waals surface area contributed by atoms with E-state index in [1.807, 2.05) is 51.1 Å². The smallest absolute Gasteiger partial charge is 0.261 e. The third-order valence-corrected chi connectivity index (χ3v) is 4.77. The molecule has 4 heteroatoms. The Morgan fingerprint density at radius 1 is 1.08 bits per heavy atom. The molecule has 1 N–H and O–H groups in total. The number of ether oxygens (including phenoxy) is 2. The molecule has 0 aliphatic carbocycles. The van der Waals surface area contributed by atoms with Crippen LogP contribution in [-0.2, 0) is 4.79 Å². The lowest BCUT2D eigenvalue weighted by atomic mass is 10.0. The average molecular weight is 355 g/mol. The zero-order chi connectivity index (χ0) is 19.3. The molecule has 140 valence electrons.